The minimum atomic E-state index is 0.0358. The Bertz CT molecular complexity index is 312. The second kappa shape index (κ2) is 2.10. The van der Waals surface area contributed by atoms with Gasteiger partial charge in [-0.2, -0.15) is 0 Å². The minimum absolute atomic E-state index is 0.0358. The lowest BCUT2D eigenvalue weighted by molar-refractivity contribution is 0.126. The minimum Gasteiger partial charge on any atom is -0.333 e. The standard InChI is InChI=1S/C11H18N2O/c1-10(2)6-4-5-11(10,3)8-7(6)12-9(14)13-8/h6-8H,4-5H2,1-3H3,(H2,12,13,14). The fraction of sp³-hybridized carbons (Fsp3) is 0.909. The summed E-state index contributed by atoms with van der Waals surface area (Å²) in [7, 11) is 0. The van der Waals surface area contributed by atoms with Crippen LogP contribution in [0, 0.1) is 16.7 Å². The van der Waals surface area contributed by atoms with Gasteiger partial charge >= 0.3 is 6.03 Å². The second-order valence-electron chi connectivity index (χ2n) is 5.91. The maximum Gasteiger partial charge on any atom is 0.315 e. The fourth-order valence-corrected chi connectivity index (χ4v) is 4.14. The summed E-state index contributed by atoms with van der Waals surface area (Å²) in [5.41, 5.74) is 0.657. The summed E-state index contributed by atoms with van der Waals surface area (Å²) in [4.78, 5) is 11.3. The van der Waals surface area contributed by atoms with E-state index in [1.54, 1.807) is 0 Å². The number of hydrogen-bond acceptors (Lipinski definition) is 1. The van der Waals surface area contributed by atoms with E-state index >= 15 is 0 Å². The van der Waals surface area contributed by atoms with E-state index in [9.17, 15) is 4.79 Å². The number of hydrogen-bond donors (Lipinski definition) is 2. The van der Waals surface area contributed by atoms with E-state index in [0.29, 0.717) is 28.8 Å². The Morgan fingerprint density at radius 3 is 2.64 bits per heavy atom. The van der Waals surface area contributed by atoms with Gasteiger partial charge in [-0.05, 0) is 29.6 Å². The first-order valence-electron chi connectivity index (χ1n) is 5.54. The molecular weight excluding hydrogens is 176 g/mol. The molecule has 3 nitrogen and oxygen atoms in total. The summed E-state index contributed by atoms with van der Waals surface area (Å²) < 4.78 is 0. The van der Waals surface area contributed by atoms with Crippen LogP contribution < -0.4 is 10.6 Å². The van der Waals surface area contributed by atoms with Crippen molar-refractivity contribution in [2.45, 2.75) is 45.7 Å². The molecule has 2 amide bonds. The Morgan fingerprint density at radius 2 is 2.00 bits per heavy atom. The highest BCUT2D eigenvalue weighted by molar-refractivity contribution is 5.78. The van der Waals surface area contributed by atoms with Gasteiger partial charge in [-0.25, -0.2) is 4.79 Å². The van der Waals surface area contributed by atoms with E-state index in [2.05, 4.69) is 31.4 Å². The zero-order valence-electron chi connectivity index (χ0n) is 9.05. The van der Waals surface area contributed by atoms with Crippen molar-refractivity contribution < 1.29 is 4.79 Å². The van der Waals surface area contributed by atoms with Gasteiger partial charge < -0.3 is 10.6 Å². The third-order valence-corrected chi connectivity index (χ3v) is 5.44. The number of amides is 2. The summed E-state index contributed by atoms with van der Waals surface area (Å²) >= 11 is 0. The monoisotopic (exact) mass is 194 g/mol. The fourth-order valence-electron chi connectivity index (χ4n) is 4.14. The van der Waals surface area contributed by atoms with Crippen molar-refractivity contribution in [3.8, 4) is 0 Å². The molecule has 0 aromatic rings. The highest BCUT2D eigenvalue weighted by atomic mass is 16.2. The van der Waals surface area contributed by atoms with Gasteiger partial charge in [0.05, 0.1) is 12.1 Å². The van der Waals surface area contributed by atoms with Crippen molar-refractivity contribution in [2.24, 2.45) is 16.7 Å². The van der Waals surface area contributed by atoms with Crippen molar-refractivity contribution in [3.63, 3.8) is 0 Å². The first-order chi connectivity index (χ1) is 6.47. The quantitative estimate of drug-likeness (QED) is 0.602. The van der Waals surface area contributed by atoms with Gasteiger partial charge in [0.25, 0.3) is 0 Å². The van der Waals surface area contributed by atoms with Crippen molar-refractivity contribution in [1.82, 2.24) is 10.6 Å². The molecule has 14 heavy (non-hydrogen) atoms. The van der Waals surface area contributed by atoms with Crippen molar-refractivity contribution in [2.75, 3.05) is 0 Å². The third-order valence-electron chi connectivity index (χ3n) is 5.44. The van der Waals surface area contributed by atoms with Gasteiger partial charge in [0.2, 0.25) is 0 Å². The lowest BCUT2D eigenvalue weighted by Gasteiger charge is -2.38. The normalized spacial score (nSPS) is 52.8. The molecule has 2 saturated carbocycles. The topological polar surface area (TPSA) is 41.1 Å². The average molecular weight is 194 g/mol. The van der Waals surface area contributed by atoms with Crippen LogP contribution in [-0.4, -0.2) is 18.1 Å². The highest BCUT2D eigenvalue weighted by Crippen LogP contribution is 2.65. The summed E-state index contributed by atoms with van der Waals surface area (Å²) in [5.74, 6) is 0.663. The molecule has 3 fully saturated rings. The Hall–Kier alpha value is -0.730. The molecule has 2 aliphatic carbocycles. The van der Waals surface area contributed by atoms with Gasteiger partial charge in [0.15, 0.2) is 0 Å². The molecule has 0 aromatic carbocycles. The molecule has 1 heterocycles. The van der Waals surface area contributed by atoms with Gasteiger partial charge in [-0.3, -0.25) is 0 Å². The van der Waals surface area contributed by atoms with Gasteiger partial charge in [-0.15, -0.1) is 0 Å². The van der Waals surface area contributed by atoms with E-state index in [4.69, 9.17) is 0 Å². The molecule has 4 atom stereocenters. The molecule has 3 heteroatoms. The van der Waals surface area contributed by atoms with Gasteiger partial charge in [-0.1, -0.05) is 20.8 Å². The lowest BCUT2D eigenvalue weighted by Crippen LogP contribution is -2.45. The summed E-state index contributed by atoms with van der Waals surface area (Å²) in [6.45, 7) is 7.05. The molecular formula is C11H18N2O. The van der Waals surface area contributed by atoms with E-state index in [1.807, 2.05) is 0 Å². The predicted molar refractivity (Wildman–Crippen MR) is 53.9 cm³/mol. The molecule has 0 spiro atoms. The van der Waals surface area contributed by atoms with Crippen LogP contribution in [0.15, 0.2) is 0 Å². The molecule has 0 aromatic heterocycles. The van der Waals surface area contributed by atoms with Crippen LogP contribution in [0.4, 0.5) is 4.79 Å². The SMILES string of the molecule is CC1(C)C2CCC1(C)C1NC(=O)NC21. The molecule has 1 saturated heterocycles. The largest absolute Gasteiger partial charge is 0.333 e. The van der Waals surface area contributed by atoms with Crippen molar-refractivity contribution in [3.05, 3.63) is 0 Å². The van der Waals surface area contributed by atoms with Crippen LogP contribution in [0.1, 0.15) is 33.6 Å². The zero-order chi connectivity index (χ0) is 10.1. The predicted octanol–water partition coefficient (Wildman–Crippen LogP) is 1.49. The molecule has 3 rings (SSSR count). The van der Waals surface area contributed by atoms with Gasteiger partial charge in [0, 0.05) is 0 Å². The summed E-state index contributed by atoms with van der Waals surface area (Å²) in [6, 6.07) is 0.786. The Morgan fingerprint density at radius 1 is 1.29 bits per heavy atom. The van der Waals surface area contributed by atoms with Crippen LogP contribution in [0.25, 0.3) is 0 Å². The van der Waals surface area contributed by atoms with E-state index in [0.717, 1.165) is 0 Å². The molecule has 2 bridgehead atoms. The molecule has 2 N–H and O–H groups in total. The van der Waals surface area contributed by atoms with E-state index < -0.39 is 0 Å². The van der Waals surface area contributed by atoms with Crippen molar-refractivity contribution in [1.29, 1.82) is 0 Å². The van der Waals surface area contributed by atoms with Gasteiger partial charge in [0.1, 0.15) is 0 Å². The molecule has 1 aliphatic heterocycles. The number of carbonyl (C=O) groups excluding carboxylic acids is 1. The number of carbonyl (C=O) groups is 1. The molecule has 4 unspecified atom stereocenters. The highest BCUT2D eigenvalue weighted by Gasteiger charge is 2.68. The Balaban J connectivity index is 2.06. The smallest absolute Gasteiger partial charge is 0.315 e. The number of fused-ring (bicyclic) bond motifs is 5. The number of urea groups is 1. The summed E-state index contributed by atoms with van der Waals surface area (Å²) in [6.07, 6.45) is 2.53. The summed E-state index contributed by atoms with van der Waals surface area (Å²) in [5, 5.41) is 6.17. The number of rotatable bonds is 0. The van der Waals surface area contributed by atoms with Crippen LogP contribution >= 0.6 is 0 Å². The maximum absolute atomic E-state index is 11.3. The van der Waals surface area contributed by atoms with Crippen LogP contribution in [0.5, 0.6) is 0 Å². The molecule has 78 valence electrons. The van der Waals surface area contributed by atoms with E-state index in [1.165, 1.54) is 12.8 Å². The Kier molecular flexibility index (Phi) is 1.28. The zero-order valence-corrected chi connectivity index (χ0v) is 9.05. The molecule has 3 aliphatic rings. The number of nitrogens with one attached hydrogen (secondary N) is 2. The first-order valence-corrected chi connectivity index (χ1v) is 5.54. The Labute approximate surface area is 84.6 Å². The molecule has 0 radical (unpaired) electrons. The second-order valence-corrected chi connectivity index (χ2v) is 5.91. The maximum atomic E-state index is 11.3. The van der Waals surface area contributed by atoms with E-state index in [-0.39, 0.29) is 6.03 Å². The van der Waals surface area contributed by atoms with Crippen LogP contribution in [-0.2, 0) is 0 Å². The van der Waals surface area contributed by atoms with Crippen LogP contribution in [0.3, 0.4) is 0 Å². The lowest BCUT2D eigenvalue weighted by atomic mass is 9.69. The van der Waals surface area contributed by atoms with Crippen molar-refractivity contribution >= 4 is 6.03 Å². The third kappa shape index (κ3) is 0.665. The van der Waals surface area contributed by atoms with Crippen LogP contribution in [0.2, 0.25) is 0 Å². The first kappa shape index (κ1) is 8.57. The average Bonchev–Trinajstić information content (AvgIpc) is 2.59.